The number of nitrogens with zero attached hydrogens (tertiary/aromatic N) is 2. The zero-order valence-electron chi connectivity index (χ0n) is 20.9. The first-order valence-corrected chi connectivity index (χ1v) is 13.3. The van der Waals surface area contributed by atoms with Crippen molar-refractivity contribution in [3.8, 4) is 0 Å². The number of likely N-dealkylation sites (tertiary alicyclic amines) is 2. The first kappa shape index (κ1) is 29.2. The number of aliphatic hydroxyl groups excluding tert-OH is 1. The van der Waals surface area contributed by atoms with Crippen molar-refractivity contribution in [2.24, 2.45) is 0 Å². The van der Waals surface area contributed by atoms with Gasteiger partial charge in [-0.1, -0.05) is 0 Å². The van der Waals surface area contributed by atoms with Crippen LogP contribution in [0.2, 0.25) is 0 Å². The number of hydrogen-bond donors (Lipinski definition) is 1. The largest absolute Gasteiger partial charge is 0.444 e. The first-order chi connectivity index (χ1) is 14.9. The van der Waals surface area contributed by atoms with Crippen molar-refractivity contribution < 1.29 is 37.4 Å². The molecule has 0 aromatic rings. The molecular formula is C22H40N2O8S. The summed E-state index contributed by atoms with van der Waals surface area (Å²) in [6.07, 6.45) is 2.91. The Morgan fingerprint density at radius 3 is 1.88 bits per heavy atom. The molecule has 2 amide bonds. The Hall–Kier alpha value is -1.88. The summed E-state index contributed by atoms with van der Waals surface area (Å²) in [4.78, 5) is 37.1. The lowest BCUT2D eigenvalue weighted by Crippen LogP contribution is -2.47. The Morgan fingerprint density at radius 1 is 0.970 bits per heavy atom. The highest BCUT2D eigenvalue weighted by Gasteiger charge is 2.37. The Morgan fingerprint density at radius 2 is 1.42 bits per heavy atom. The second-order valence-corrected chi connectivity index (χ2v) is 12.7. The number of sulfone groups is 1. The molecular weight excluding hydrogens is 452 g/mol. The minimum atomic E-state index is -3.27. The number of amides is 2. The lowest BCUT2D eigenvalue weighted by Gasteiger charge is -2.30. The maximum absolute atomic E-state index is 12.0. The van der Waals surface area contributed by atoms with Crippen LogP contribution in [0.4, 0.5) is 9.59 Å². The normalized spacial score (nSPS) is 22.3. The molecule has 2 aliphatic heterocycles. The number of carbonyl (C=O) groups is 3. The van der Waals surface area contributed by atoms with Gasteiger partial charge < -0.3 is 24.3 Å². The third-order valence-electron chi connectivity index (χ3n) is 4.93. The summed E-state index contributed by atoms with van der Waals surface area (Å²) in [5.41, 5.74) is -1.10. The van der Waals surface area contributed by atoms with Gasteiger partial charge >= 0.3 is 12.2 Å². The summed E-state index contributed by atoms with van der Waals surface area (Å²) in [7, 11) is -3.27. The van der Waals surface area contributed by atoms with Crippen LogP contribution < -0.4 is 0 Å². The van der Waals surface area contributed by atoms with Crippen molar-refractivity contribution in [1.82, 2.24) is 9.80 Å². The van der Waals surface area contributed by atoms with Gasteiger partial charge in [0, 0.05) is 19.3 Å². The molecule has 11 heteroatoms. The Bertz CT molecular complexity index is 785. The molecule has 0 aromatic heterocycles. The monoisotopic (exact) mass is 492 g/mol. The number of ether oxygens (including phenoxy) is 2. The van der Waals surface area contributed by atoms with E-state index in [1.54, 1.807) is 20.8 Å². The number of rotatable bonds is 4. The van der Waals surface area contributed by atoms with Crippen molar-refractivity contribution in [3.05, 3.63) is 0 Å². The van der Waals surface area contributed by atoms with Crippen LogP contribution in [0.5, 0.6) is 0 Å². The highest BCUT2D eigenvalue weighted by Crippen LogP contribution is 2.24. The summed E-state index contributed by atoms with van der Waals surface area (Å²) >= 11 is 0. The van der Waals surface area contributed by atoms with Crippen LogP contribution in [0.25, 0.3) is 0 Å². The van der Waals surface area contributed by atoms with E-state index in [9.17, 15) is 27.9 Å². The van der Waals surface area contributed by atoms with Gasteiger partial charge in [-0.15, -0.1) is 0 Å². The Kier molecular flexibility index (Phi) is 10.2. The van der Waals surface area contributed by atoms with E-state index < -0.39 is 39.3 Å². The lowest BCUT2D eigenvalue weighted by molar-refractivity contribution is -0.111. The molecule has 0 radical (unpaired) electrons. The molecule has 0 aliphatic carbocycles. The van der Waals surface area contributed by atoms with Crippen LogP contribution in [0, 0.1) is 0 Å². The van der Waals surface area contributed by atoms with Crippen LogP contribution in [0.1, 0.15) is 67.2 Å². The molecule has 0 aromatic carbocycles. The van der Waals surface area contributed by atoms with E-state index in [0.29, 0.717) is 19.5 Å². The van der Waals surface area contributed by atoms with Crippen LogP contribution in [0.15, 0.2) is 0 Å². The molecule has 1 unspecified atom stereocenters. The molecule has 192 valence electrons. The smallest absolute Gasteiger partial charge is 0.410 e. The average molecular weight is 493 g/mol. The maximum Gasteiger partial charge on any atom is 0.410 e. The zero-order valence-corrected chi connectivity index (χ0v) is 21.7. The Balaban J connectivity index is 0.000000346. The van der Waals surface area contributed by atoms with Crippen LogP contribution in [-0.4, -0.2) is 96.3 Å². The van der Waals surface area contributed by atoms with Gasteiger partial charge in [0.05, 0.1) is 23.9 Å². The molecule has 1 N–H and O–H groups in total. The van der Waals surface area contributed by atoms with Gasteiger partial charge in [-0.05, 0) is 67.2 Å². The topological polar surface area (TPSA) is 131 Å². The van der Waals surface area contributed by atoms with E-state index >= 15 is 0 Å². The van der Waals surface area contributed by atoms with E-state index in [1.807, 2.05) is 20.8 Å². The van der Waals surface area contributed by atoms with Crippen molar-refractivity contribution in [2.75, 3.05) is 25.1 Å². The lowest BCUT2D eigenvalue weighted by atomic mass is 10.1. The predicted octanol–water partition coefficient (Wildman–Crippen LogP) is 2.38. The summed E-state index contributed by atoms with van der Waals surface area (Å²) in [6.45, 7) is 11.9. The summed E-state index contributed by atoms with van der Waals surface area (Å²) in [6, 6.07) is -0.769. The van der Waals surface area contributed by atoms with Gasteiger partial charge in [0.1, 0.15) is 27.3 Å². The van der Waals surface area contributed by atoms with E-state index in [4.69, 9.17) is 9.47 Å². The number of carbonyl (C=O) groups excluding carboxylic acids is 3. The predicted molar refractivity (Wildman–Crippen MR) is 124 cm³/mol. The zero-order chi connectivity index (χ0) is 25.6. The minimum absolute atomic E-state index is 0.287. The van der Waals surface area contributed by atoms with Gasteiger partial charge in [-0.25, -0.2) is 18.0 Å². The molecule has 0 bridgehead atoms. The van der Waals surface area contributed by atoms with E-state index in [-0.39, 0.29) is 17.9 Å². The fraction of sp³-hybridized carbons (Fsp3) is 0.864. The molecule has 10 nitrogen and oxygen atoms in total. The van der Waals surface area contributed by atoms with Gasteiger partial charge in [0.2, 0.25) is 0 Å². The van der Waals surface area contributed by atoms with Crippen molar-refractivity contribution >= 4 is 28.3 Å². The molecule has 2 saturated heterocycles. The summed E-state index contributed by atoms with van der Waals surface area (Å²) in [5, 5.41) is 9.97. The maximum atomic E-state index is 12.0. The van der Waals surface area contributed by atoms with Crippen molar-refractivity contribution in [1.29, 1.82) is 0 Å². The number of hydrogen-bond acceptors (Lipinski definition) is 8. The van der Waals surface area contributed by atoms with Crippen molar-refractivity contribution in [2.45, 2.75) is 96.6 Å². The van der Waals surface area contributed by atoms with E-state index in [0.717, 1.165) is 31.8 Å². The number of aliphatic hydroxyl groups is 1. The van der Waals surface area contributed by atoms with E-state index in [1.165, 1.54) is 9.80 Å². The van der Waals surface area contributed by atoms with Gasteiger partial charge in [0.25, 0.3) is 0 Å². The summed E-state index contributed by atoms with van der Waals surface area (Å²) < 4.78 is 32.9. The Labute approximate surface area is 197 Å². The van der Waals surface area contributed by atoms with Crippen LogP contribution >= 0.6 is 0 Å². The molecule has 0 spiro atoms. The standard InChI is InChI=1S/C12H23NO5S.C10H17NO3/c1-12(2,3)18-11(15)13-7-5-6-9(13)10(14)8-19(4,16)17;1-10(2,3)14-9(13)11-6-4-5-8(11)7-12/h9-10,14H,5-8H2,1-4H3;7-8H,4-6H2,1-3H3/t9-,10?;8-/m00/s1. The van der Waals surface area contributed by atoms with Crippen LogP contribution in [0.3, 0.4) is 0 Å². The van der Waals surface area contributed by atoms with Gasteiger partial charge in [-0.2, -0.15) is 0 Å². The second kappa shape index (κ2) is 11.5. The molecule has 2 heterocycles. The van der Waals surface area contributed by atoms with Crippen LogP contribution in [-0.2, 0) is 24.1 Å². The van der Waals surface area contributed by atoms with E-state index in [2.05, 4.69) is 0 Å². The fourth-order valence-corrected chi connectivity index (χ4v) is 4.48. The molecule has 33 heavy (non-hydrogen) atoms. The number of aldehydes is 1. The molecule has 3 atom stereocenters. The molecule has 0 saturated carbocycles. The van der Waals surface area contributed by atoms with Crippen molar-refractivity contribution in [3.63, 3.8) is 0 Å². The van der Waals surface area contributed by atoms with Gasteiger partial charge in [0.15, 0.2) is 0 Å². The SMILES string of the molecule is CC(C)(C)OC(=O)N1CCC[C@H]1C(O)CS(C)(=O)=O.CC(C)(C)OC(=O)N1CCC[C@H]1C=O. The first-order valence-electron chi connectivity index (χ1n) is 11.2. The quantitative estimate of drug-likeness (QED) is 0.592. The third-order valence-corrected chi connectivity index (χ3v) is 5.88. The highest BCUT2D eigenvalue weighted by atomic mass is 32.2. The van der Waals surface area contributed by atoms with Gasteiger partial charge in [-0.3, -0.25) is 4.90 Å². The average Bonchev–Trinajstić information content (AvgIpc) is 3.27. The fourth-order valence-electron chi connectivity index (χ4n) is 3.64. The summed E-state index contributed by atoms with van der Waals surface area (Å²) in [5.74, 6) is -0.336. The molecule has 2 rings (SSSR count). The highest BCUT2D eigenvalue weighted by molar-refractivity contribution is 7.90. The second-order valence-electron chi connectivity index (χ2n) is 10.6. The molecule has 2 aliphatic rings. The third kappa shape index (κ3) is 10.7. The minimum Gasteiger partial charge on any atom is -0.444 e. The molecule has 2 fully saturated rings.